The third kappa shape index (κ3) is 4.14. The molecule has 0 aliphatic carbocycles. The molecule has 2 aliphatic rings. The van der Waals surface area contributed by atoms with Gasteiger partial charge < -0.3 is 14.9 Å². The standard InChI is InChI=1S/C21H22FN3O4/c22-14-5-7-15(8-6-14)25-18(2-1-3-19(26)27)24-17-12-13(20-23-10-11-29-20)4-9-16(17)21(25)28/h4-9,12,20-21,23,28H,1-3,10-11H2,(H,26,27). The van der Waals surface area contributed by atoms with E-state index >= 15 is 0 Å². The first kappa shape index (κ1) is 19.5. The van der Waals surface area contributed by atoms with Gasteiger partial charge in [0.2, 0.25) is 0 Å². The summed E-state index contributed by atoms with van der Waals surface area (Å²) in [5.41, 5.74) is 2.75. The van der Waals surface area contributed by atoms with Crippen molar-refractivity contribution in [3.05, 3.63) is 59.4 Å². The van der Waals surface area contributed by atoms with Gasteiger partial charge in [-0.05, 0) is 42.3 Å². The first-order valence-electron chi connectivity index (χ1n) is 9.54. The van der Waals surface area contributed by atoms with E-state index in [0.29, 0.717) is 42.2 Å². The first-order valence-corrected chi connectivity index (χ1v) is 9.54. The van der Waals surface area contributed by atoms with Crippen LogP contribution < -0.4 is 10.2 Å². The van der Waals surface area contributed by atoms with Gasteiger partial charge in [0.25, 0.3) is 0 Å². The fraction of sp³-hybridized carbons (Fsp3) is 0.333. The van der Waals surface area contributed by atoms with Crippen LogP contribution in [0.25, 0.3) is 0 Å². The van der Waals surface area contributed by atoms with Gasteiger partial charge in [-0.3, -0.25) is 15.0 Å². The summed E-state index contributed by atoms with van der Waals surface area (Å²) in [6.07, 6.45) is -0.486. The number of carbonyl (C=O) groups is 1. The summed E-state index contributed by atoms with van der Waals surface area (Å²) in [5.74, 6) is -0.725. The number of anilines is 1. The zero-order valence-corrected chi connectivity index (χ0v) is 15.7. The average molecular weight is 399 g/mol. The van der Waals surface area contributed by atoms with Crippen molar-refractivity contribution < 1.29 is 24.1 Å². The van der Waals surface area contributed by atoms with Crippen molar-refractivity contribution >= 4 is 23.2 Å². The Hall–Kier alpha value is -2.81. The number of carboxylic acid groups (broad SMARTS) is 1. The molecule has 7 nitrogen and oxygen atoms in total. The number of aliphatic carboxylic acids is 1. The number of carboxylic acids is 1. The molecule has 2 aromatic carbocycles. The highest BCUT2D eigenvalue weighted by molar-refractivity contribution is 6.01. The molecule has 3 N–H and O–H groups in total. The molecule has 8 heteroatoms. The van der Waals surface area contributed by atoms with Crippen LogP contribution in [0.15, 0.2) is 47.5 Å². The molecule has 2 aromatic rings. The van der Waals surface area contributed by atoms with Gasteiger partial charge in [0, 0.05) is 30.6 Å². The molecule has 0 saturated carbocycles. The van der Waals surface area contributed by atoms with Crippen molar-refractivity contribution in [1.29, 1.82) is 0 Å². The summed E-state index contributed by atoms with van der Waals surface area (Å²) >= 11 is 0. The molecule has 4 rings (SSSR count). The third-order valence-corrected chi connectivity index (χ3v) is 5.02. The Balaban J connectivity index is 1.70. The molecule has 2 unspecified atom stereocenters. The van der Waals surface area contributed by atoms with Crippen molar-refractivity contribution in [1.82, 2.24) is 5.32 Å². The summed E-state index contributed by atoms with van der Waals surface area (Å²) in [6.45, 7) is 1.40. The van der Waals surface area contributed by atoms with Crippen LogP contribution in [0.3, 0.4) is 0 Å². The fourth-order valence-electron chi connectivity index (χ4n) is 3.62. The lowest BCUT2D eigenvalue weighted by Gasteiger charge is -2.35. The summed E-state index contributed by atoms with van der Waals surface area (Å²) in [6, 6.07) is 11.4. The number of halogens is 1. The van der Waals surface area contributed by atoms with E-state index in [1.165, 1.54) is 12.1 Å². The van der Waals surface area contributed by atoms with E-state index in [9.17, 15) is 14.3 Å². The molecule has 2 heterocycles. The maximum Gasteiger partial charge on any atom is 0.303 e. The van der Waals surface area contributed by atoms with Crippen molar-refractivity contribution in [3.8, 4) is 0 Å². The van der Waals surface area contributed by atoms with Crippen molar-refractivity contribution in [2.75, 3.05) is 18.1 Å². The number of aliphatic hydroxyl groups excluding tert-OH is 1. The van der Waals surface area contributed by atoms with Crippen molar-refractivity contribution in [2.45, 2.75) is 31.7 Å². The first-order chi connectivity index (χ1) is 14.0. The molecule has 1 saturated heterocycles. The predicted octanol–water partition coefficient (Wildman–Crippen LogP) is 3.24. The molecule has 0 radical (unpaired) electrons. The summed E-state index contributed by atoms with van der Waals surface area (Å²) in [4.78, 5) is 17.3. The predicted molar refractivity (Wildman–Crippen MR) is 106 cm³/mol. The molecule has 0 spiro atoms. The van der Waals surface area contributed by atoms with Crippen molar-refractivity contribution in [3.63, 3.8) is 0 Å². The maximum atomic E-state index is 13.4. The van der Waals surface area contributed by atoms with Gasteiger partial charge in [0.15, 0.2) is 6.23 Å². The number of fused-ring (bicyclic) bond motifs is 1. The molecule has 1 fully saturated rings. The number of hydrogen-bond acceptors (Lipinski definition) is 6. The Morgan fingerprint density at radius 1 is 1.28 bits per heavy atom. The van der Waals surface area contributed by atoms with Crippen LogP contribution >= 0.6 is 0 Å². The monoisotopic (exact) mass is 399 g/mol. The van der Waals surface area contributed by atoms with Gasteiger partial charge in [-0.15, -0.1) is 0 Å². The van der Waals surface area contributed by atoms with Gasteiger partial charge in [-0.2, -0.15) is 0 Å². The Morgan fingerprint density at radius 2 is 2.07 bits per heavy atom. The number of ether oxygens (including phenoxy) is 1. The summed E-state index contributed by atoms with van der Waals surface area (Å²) < 4.78 is 19.0. The zero-order chi connectivity index (χ0) is 20.4. The van der Waals surface area contributed by atoms with Crippen LogP contribution in [0.5, 0.6) is 0 Å². The lowest BCUT2D eigenvalue weighted by Crippen LogP contribution is -2.37. The zero-order valence-electron chi connectivity index (χ0n) is 15.7. The molecular formula is C21H22FN3O4. The van der Waals surface area contributed by atoms with E-state index in [1.807, 2.05) is 18.2 Å². The minimum absolute atomic E-state index is 0.000889. The van der Waals surface area contributed by atoms with Crippen LogP contribution in [0.1, 0.15) is 42.8 Å². The lowest BCUT2D eigenvalue weighted by molar-refractivity contribution is -0.137. The van der Waals surface area contributed by atoms with Gasteiger partial charge in [-0.25, -0.2) is 9.38 Å². The number of rotatable bonds is 6. The van der Waals surface area contributed by atoms with Gasteiger partial charge in [0.1, 0.15) is 17.9 Å². The number of aliphatic hydroxyl groups is 1. The van der Waals surface area contributed by atoms with Crippen LogP contribution in [-0.2, 0) is 9.53 Å². The third-order valence-electron chi connectivity index (χ3n) is 5.02. The fourth-order valence-corrected chi connectivity index (χ4v) is 3.62. The quantitative estimate of drug-likeness (QED) is 0.690. The van der Waals surface area contributed by atoms with Crippen LogP contribution in [0.2, 0.25) is 0 Å². The van der Waals surface area contributed by atoms with Crippen LogP contribution in [0.4, 0.5) is 15.8 Å². The van der Waals surface area contributed by atoms with Crippen LogP contribution in [-0.4, -0.2) is 35.2 Å². The van der Waals surface area contributed by atoms with Gasteiger partial charge in [0.05, 0.1) is 12.3 Å². The molecule has 2 atom stereocenters. The normalized spacial score (nSPS) is 21.0. The average Bonchev–Trinajstić information content (AvgIpc) is 3.23. The summed E-state index contributed by atoms with van der Waals surface area (Å²) in [7, 11) is 0. The number of hydrogen-bond donors (Lipinski definition) is 3. The second kappa shape index (κ2) is 8.28. The summed E-state index contributed by atoms with van der Waals surface area (Å²) in [5, 5.41) is 23.3. The van der Waals surface area contributed by atoms with E-state index in [1.54, 1.807) is 17.0 Å². The van der Waals surface area contributed by atoms with E-state index in [0.717, 1.165) is 12.1 Å². The number of benzene rings is 2. The number of nitrogens with zero attached hydrogens (tertiary/aromatic N) is 2. The van der Waals surface area contributed by atoms with Gasteiger partial charge >= 0.3 is 5.97 Å². The topological polar surface area (TPSA) is 94.4 Å². The smallest absolute Gasteiger partial charge is 0.303 e. The molecule has 2 aliphatic heterocycles. The maximum absolute atomic E-state index is 13.4. The second-order valence-corrected chi connectivity index (χ2v) is 7.02. The Morgan fingerprint density at radius 3 is 2.76 bits per heavy atom. The Labute approximate surface area is 167 Å². The highest BCUT2D eigenvalue weighted by Crippen LogP contribution is 2.39. The Bertz CT molecular complexity index is 926. The number of aliphatic imine (C=N–C) groups is 1. The van der Waals surface area contributed by atoms with Crippen LogP contribution in [0, 0.1) is 5.82 Å². The molecule has 0 aromatic heterocycles. The Kier molecular flexibility index (Phi) is 5.57. The van der Waals surface area contributed by atoms with Crippen molar-refractivity contribution in [2.24, 2.45) is 4.99 Å². The minimum Gasteiger partial charge on any atom is -0.481 e. The second-order valence-electron chi connectivity index (χ2n) is 7.02. The number of nitrogens with one attached hydrogen (secondary N) is 1. The van der Waals surface area contributed by atoms with E-state index in [-0.39, 0.29) is 18.5 Å². The number of amidine groups is 1. The van der Waals surface area contributed by atoms with Gasteiger partial charge in [-0.1, -0.05) is 12.1 Å². The molecule has 0 amide bonds. The minimum atomic E-state index is -1.01. The molecule has 0 bridgehead atoms. The van der Waals surface area contributed by atoms with E-state index in [2.05, 4.69) is 5.32 Å². The largest absolute Gasteiger partial charge is 0.481 e. The molecule has 152 valence electrons. The van der Waals surface area contributed by atoms with E-state index in [4.69, 9.17) is 14.8 Å². The van der Waals surface area contributed by atoms with E-state index < -0.39 is 12.2 Å². The molecular weight excluding hydrogens is 377 g/mol. The SMILES string of the molecule is O=C(O)CCCC1=Nc2cc(C3NCCO3)ccc2C(O)N1c1ccc(F)cc1. The molecule has 29 heavy (non-hydrogen) atoms. The highest BCUT2D eigenvalue weighted by atomic mass is 19.1. The highest BCUT2D eigenvalue weighted by Gasteiger charge is 2.30. The lowest BCUT2D eigenvalue weighted by atomic mass is 10.0.